The maximum Gasteiger partial charge on any atom is 0.427 e. The van der Waals surface area contributed by atoms with E-state index >= 15 is 0 Å². The van der Waals surface area contributed by atoms with Crippen molar-refractivity contribution in [1.82, 2.24) is 5.43 Å². The summed E-state index contributed by atoms with van der Waals surface area (Å²) in [6.07, 6.45) is 0.715. The molecule has 0 aliphatic heterocycles. The Hall–Kier alpha value is -0.830. The van der Waals surface area contributed by atoms with E-state index in [-0.39, 0.29) is 12.4 Å². The van der Waals surface area contributed by atoms with Gasteiger partial charge in [-0.3, -0.25) is 0 Å². The van der Waals surface area contributed by atoms with Gasteiger partial charge in [-0.15, -0.1) is 0 Å². The molecule has 0 spiro atoms. The van der Waals surface area contributed by atoms with Crippen LogP contribution in [0.5, 0.6) is 5.75 Å². The van der Waals surface area contributed by atoms with Gasteiger partial charge in [0.1, 0.15) is 5.75 Å². The molecule has 17 heavy (non-hydrogen) atoms. The largest absolute Gasteiger partial charge is 0.506 e. The molecule has 92 valence electrons. The molecule has 0 aliphatic carbocycles. The molecule has 0 unspecified atom stereocenters. The normalized spacial score (nSPS) is 10.5. The van der Waals surface area contributed by atoms with Crippen molar-refractivity contribution in [1.29, 1.82) is 0 Å². The number of hydrazone groups is 1. The second-order valence-electron chi connectivity index (χ2n) is 2.92. The average Bonchev–Trinajstić information content (AvgIpc) is 2.25. The molecular formula is C10H10BrIN2O3. The Labute approximate surface area is 121 Å². The minimum Gasteiger partial charge on any atom is -0.506 e. The molecule has 2 N–H and O–H groups in total. The Kier molecular flexibility index (Phi) is 5.69. The number of hydrogen-bond acceptors (Lipinski definition) is 4. The van der Waals surface area contributed by atoms with Crippen LogP contribution in [0.4, 0.5) is 4.79 Å². The summed E-state index contributed by atoms with van der Waals surface area (Å²) in [5.41, 5.74) is 2.68. The number of nitrogens with one attached hydrogen (secondary N) is 1. The molecule has 0 heterocycles. The summed E-state index contributed by atoms with van der Waals surface area (Å²) in [7, 11) is 0. The summed E-state index contributed by atoms with van der Waals surface area (Å²) in [5, 5.41) is 13.4. The Bertz CT molecular complexity index is 451. The smallest absolute Gasteiger partial charge is 0.427 e. The summed E-state index contributed by atoms with van der Waals surface area (Å²) in [5.74, 6) is 0.114. The van der Waals surface area contributed by atoms with Gasteiger partial charge in [0.2, 0.25) is 0 Å². The Balaban J connectivity index is 2.74. The third-order valence-electron chi connectivity index (χ3n) is 1.69. The zero-order valence-corrected chi connectivity index (χ0v) is 12.6. The van der Waals surface area contributed by atoms with Crippen molar-refractivity contribution in [2.75, 3.05) is 6.61 Å². The molecule has 0 radical (unpaired) electrons. The topological polar surface area (TPSA) is 70.9 Å². The van der Waals surface area contributed by atoms with E-state index in [1.165, 1.54) is 6.21 Å². The number of halogens is 2. The van der Waals surface area contributed by atoms with Gasteiger partial charge in [0.15, 0.2) is 0 Å². The molecule has 0 aromatic heterocycles. The highest BCUT2D eigenvalue weighted by Crippen LogP contribution is 2.27. The maximum atomic E-state index is 10.9. The summed E-state index contributed by atoms with van der Waals surface area (Å²) in [4.78, 5) is 10.9. The fourth-order valence-corrected chi connectivity index (χ4v) is 2.55. The molecule has 1 rings (SSSR count). The molecule has 1 aromatic carbocycles. The van der Waals surface area contributed by atoms with Crippen molar-refractivity contribution >= 4 is 50.8 Å². The molecule has 1 aromatic rings. The molecule has 0 atom stereocenters. The zero-order valence-electron chi connectivity index (χ0n) is 8.91. The Morgan fingerprint density at radius 2 is 2.41 bits per heavy atom. The molecule has 0 aliphatic rings. The molecule has 0 fully saturated rings. The van der Waals surface area contributed by atoms with Crippen LogP contribution >= 0.6 is 38.5 Å². The lowest BCUT2D eigenvalue weighted by molar-refractivity contribution is 0.152. The van der Waals surface area contributed by atoms with Gasteiger partial charge in [0.05, 0.1) is 16.4 Å². The highest BCUT2D eigenvalue weighted by atomic mass is 127. The van der Waals surface area contributed by atoms with Gasteiger partial charge in [0.25, 0.3) is 0 Å². The maximum absolute atomic E-state index is 10.9. The highest BCUT2D eigenvalue weighted by Gasteiger charge is 2.05. The average molecular weight is 413 g/mol. The van der Waals surface area contributed by atoms with Gasteiger partial charge in [0, 0.05) is 10.0 Å². The first kappa shape index (κ1) is 14.2. The number of nitrogens with zero attached hydrogens (tertiary/aromatic N) is 1. The lowest BCUT2D eigenvalue weighted by Gasteiger charge is -2.03. The van der Waals surface area contributed by atoms with Crippen molar-refractivity contribution in [3.05, 3.63) is 25.7 Å². The van der Waals surface area contributed by atoms with Crippen LogP contribution in [0.15, 0.2) is 21.7 Å². The summed E-state index contributed by atoms with van der Waals surface area (Å²) in [6, 6.07) is 3.46. The van der Waals surface area contributed by atoms with Crippen molar-refractivity contribution < 1.29 is 14.6 Å². The van der Waals surface area contributed by atoms with Gasteiger partial charge in [-0.25, -0.2) is 10.2 Å². The number of benzene rings is 1. The summed E-state index contributed by atoms with van der Waals surface area (Å²) in [6.45, 7) is 1.98. The van der Waals surface area contributed by atoms with Crippen LogP contribution < -0.4 is 5.43 Å². The number of aromatic hydroxyl groups is 1. The van der Waals surface area contributed by atoms with Crippen LogP contribution in [-0.2, 0) is 4.74 Å². The molecular weight excluding hydrogens is 403 g/mol. The monoisotopic (exact) mass is 412 g/mol. The first-order valence-electron chi connectivity index (χ1n) is 4.68. The number of carbonyl (C=O) groups excluding carboxylic acids is 1. The number of phenols is 1. The van der Waals surface area contributed by atoms with E-state index in [0.29, 0.717) is 9.13 Å². The molecule has 0 bridgehead atoms. The van der Waals surface area contributed by atoms with Gasteiger partial charge >= 0.3 is 6.09 Å². The van der Waals surface area contributed by atoms with Crippen molar-refractivity contribution in [3.63, 3.8) is 0 Å². The van der Waals surface area contributed by atoms with E-state index in [4.69, 9.17) is 0 Å². The van der Waals surface area contributed by atoms with Crippen LogP contribution in [0, 0.1) is 3.57 Å². The third kappa shape index (κ3) is 4.50. The molecule has 1 amide bonds. The highest BCUT2D eigenvalue weighted by molar-refractivity contribution is 14.1. The van der Waals surface area contributed by atoms with Crippen LogP contribution in [0.1, 0.15) is 12.5 Å². The van der Waals surface area contributed by atoms with Gasteiger partial charge in [-0.05, 0) is 41.6 Å². The lowest BCUT2D eigenvalue weighted by Crippen LogP contribution is -2.18. The van der Waals surface area contributed by atoms with E-state index in [9.17, 15) is 9.90 Å². The minimum absolute atomic E-state index is 0.114. The fourth-order valence-electron chi connectivity index (χ4n) is 1.00. The second-order valence-corrected chi connectivity index (χ2v) is 4.99. The van der Waals surface area contributed by atoms with E-state index in [1.807, 2.05) is 22.6 Å². The third-order valence-corrected chi connectivity index (χ3v) is 2.97. The van der Waals surface area contributed by atoms with Crippen molar-refractivity contribution in [3.8, 4) is 5.75 Å². The Morgan fingerprint density at radius 3 is 3.06 bits per heavy atom. The quantitative estimate of drug-likeness (QED) is 0.455. The minimum atomic E-state index is -0.632. The van der Waals surface area contributed by atoms with E-state index in [0.717, 1.165) is 4.47 Å². The van der Waals surface area contributed by atoms with E-state index in [1.54, 1.807) is 19.1 Å². The predicted molar refractivity (Wildman–Crippen MR) is 76.3 cm³/mol. The Morgan fingerprint density at radius 1 is 1.71 bits per heavy atom. The first-order valence-corrected chi connectivity index (χ1v) is 6.55. The number of phenolic OH excluding ortho intramolecular Hbond substituents is 1. The number of amides is 1. The number of ether oxygens (including phenoxy) is 1. The number of rotatable bonds is 3. The summed E-state index contributed by atoms with van der Waals surface area (Å²) < 4.78 is 6.13. The molecule has 5 nitrogen and oxygen atoms in total. The van der Waals surface area contributed by atoms with E-state index < -0.39 is 6.09 Å². The van der Waals surface area contributed by atoms with Gasteiger partial charge < -0.3 is 9.84 Å². The fraction of sp³-hybridized carbons (Fsp3) is 0.200. The summed E-state index contributed by atoms with van der Waals surface area (Å²) >= 11 is 5.30. The molecule has 0 saturated carbocycles. The van der Waals surface area contributed by atoms with Crippen LogP contribution in [0.3, 0.4) is 0 Å². The van der Waals surface area contributed by atoms with Gasteiger partial charge in [-0.2, -0.15) is 5.10 Å². The van der Waals surface area contributed by atoms with Crippen LogP contribution in [0.2, 0.25) is 0 Å². The van der Waals surface area contributed by atoms with Crippen LogP contribution in [-0.4, -0.2) is 24.0 Å². The SMILES string of the molecule is CCOC(=O)NN=Cc1cc(Br)cc(I)c1O. The van der Waals surface area contributed by atoms with Crippen molar-refractivity contribution in [2.45, 2.75) is 6.92 Å². The zero-order chi connectivity index (χ0) is 12.8. The van der Waals surface area contributed by atoms with Gasteiger partial charge in [-0.1, -0.05) is 15.9 Å². The standard InChI is InChI=1S/C10H10BrIN2O3/c1-2-17-10(16)14-13-5-6-3-7(11)4-8(12)9(6)15/h3-5,15H,2H2,1H3,(H,14,16). The number of carbonyl (C=O) groups is 1. The number of hydrogen-bond donors (Lipinski definition) is 2. The predicted octanol–water partition coefficient (Wildman–Crippen LogP) is 2.84. The van der Waals surface area contributed by atoms with Crippen molar-refractivity contribution in [2.24, 2.45) is 5.10 Å². The molecule has 0 saturated heterocycles. The van der Waals surface area contributed by atoms with Crippen LogP contribution in [0.25, 0.3) is 0 Å². The van der Waals surface area contributed by atoms with E-state index in [2.05, 4.69) is 31.2 Å². The molecule has 7 heteroatoms. The first-order chi connectivity index (χ1) is 8.04. The lowest BCUT2D eigenvalue weighted by atomic mass is 10.2. The second kappa shape index (κ2) is 6.80.